The number of hydrogen-bond donors (Lipinski definition) is 2. The molecule has 0 aliphatic heterocycles. The lowest BCUT2D eigenvalue weighted by molar-refractivity contribution is 0.0696. The van der Waals surface area contributed by atoms with Gasteiger partial charge in [0.15, 0.2) is 0 Å². The van der Waals surface area contributed by atoms with Crippen LogP contribution in [-0.2, 0) is 13.1 Å². The van der Waals surface area contributed by atoms with E-state index in [1.54, 1.807) is 31.4 Å². The number of nitrogens with zero attached hydrogens (tertiary/aromatic N) is 2. The summed E-state index contributed by atoms with van der Waals surface area (Å²) in [5, 5.41) is 12.2. The van der Waals surface area contributed by atoms with E-state index in [1.165, 1.54) is 29.1 Å². The summed E-state index contributed by atoms with van der Waals surface area (Å²) < 4.78 is 6.62. The molecule has 4 rings (SSSR count). The summed E-state index contributed by atoms with van der Waals surface area (Å²) in [5.41, 5.74) is 2.38. The number of aromatic carboxylic acids is 1. The average Bonchev–Trinajstić information content (AvgIpc) is 2.84. The highest BCUT2D eigenvalue weighted by Crippen LogP contribution is 2.14. The van der Waals surface area contributed by atoms with E-state index in [1.807, 2.05) is 24.3 Å². The number of fused-ring (bicyclic) bond motifs is 1. The SMILES string of the molecule is COc1cccc(CNC(=O)c2ccc3ncn(Cc4ccc(C(=O)O)cc4)c(=O)c3c2)c1. The molecule has 0 aliphatic carbocycles. The maximum absolute atomic E-state index is 13.0. The molecule has 3 aromatic carbocycles. The average molecular weight is 443 g/mol. The molecule has 4 aromatic rings. The lowest BCUT2D eigenvalue weighted by atomic mass is 10.1. The normalized spacial score (nSPS) is 10.7. The number of methoxy groups -OCH3 is 1. The number of carboxylic acids is 1. The Kier molecular flexibility index (Phi) is 6.17. The van der Waals surface area contributed by atoms with Crippen molar-refractivity contribution in [2.24, 2.45) is 0 Å². The van der Waals surface area contributed by atoms with Crippen LogP contribution >= 0.6 is 0 Å². The third kappa shape index (κ3) is 4.90. The number of rotatable bonds is 7. The molecule has 1 aromatic heterocycles. The largest absolute Gasteiger partial charge is 0.497 e. The minimum atomic E-state index is -1.01. The molecule has 8 nitrogen and oxygen atoms in total. The highest BCUT2D eigenvalue weighted by atomic mass is 16.5. The molecule has 8 heteroatoms. The summed E-state index contributed by atoms with van der Waals surface area (Å²) in [7, 11) is 1.58. The Balaban J connectivity index is 1.54. The number of ether oxygens (including phenoxy) is 1. The third-order valence-electron chi connectivity index (χ3n) is 5.23. The van der Waals surface area contributed by atoms with E-state index in [4.69, 9.17) is 9.84 Å². The molecule has 166 valence electrons. The number of hydrogen-bond acceptors (Lipinski definition) is 5. The molecule has 0 radical (unpaired) electrons. The van der Waals surface area contributed by atoms with E-state index < -0.39 is 5.97 Å². The third-order valence-corrected chi connectivity index (χ3v) is 5.23. The lowest BCUT2D eigenvalue weighted by Crippen LogP contribution is -2.24. The van der Waals surface area contributed by atoms with Gasteiger partial charge in [0, 0.05) is 12.1 Å². The van der Waals surface area contributed by atoms with Gasteiger partial charge in [0.05, 0.1) is 36.4 Å². The molecule has 1 heterocycles. The van der Waals surface area contributed by atoms with Crippen LogP contribution in [0.4, 0.5) is 0 Å². The molecule has 1 amide bonds. The fourth-order valence-corrected chi connectivity index (χ4v) is 3.43. The first-order chi connectivity index (χ1) is 15.9. The molecule has 0 aliphatic rings. The van der Waals surface area contributed by atoms with Crippen LogP contribution in [0.1, 0.15) is 31.8 Å². The van der Waals surface area contributed by atoms with Crippen molar-refractivity contribution in [1.29, 1.82) is 0 Å². The summed E-state index contributed by atoms with van der Waals surface area (Å²) in [6.07, 6.45) is 1.44. The van der Waals surface area contributed by atoms with Crippen molar-refractivity contribution in [2.75, 3.05) is 7.11 Å². The molecular formula is C25H21N3O5. The molecular weight excluding hydrogens is 422 g/mol. The van der Waals surface area contributed by atoms with Crippen molar-refractivity contribution in [3.05, 3.63) is 106 Å². The molecule has 0 saturated carbocycles. The van der Waals surface area contributed by atoms with Crippen LogP contribution in [0.5, 0.6) is 5.75 Å². The van der Waals surface area contributed by atoms with Gasteiger partial charge < -0.3 is 15.2 Å². The number of carbonyl (C=O) groups excluding carboxylic acids is 1. The predicted octanol–water partition coefficient (Wildman–Crippen LogP) is 3.08. The Morgan fingerprint density at radius 1 is 1.00 bits per heavy atom. The Morgan fingerprint density at radius 2 is 1.76 bits per heavy atom. The maximum Gasteiger partial charge on any atom is 0.335 e. The minimum Gasteiger partial charge on any atom is -0.497 e. The van der Waals surface area contributed by atoms with Gasteiger partial charge in [-0.25, -0.2) is 9.78 Å². The van der Waals surface area contributed by atoms with Crippen molar-refractivity contribution in [1.82, 2.24) is 14.9 Å². The van der Waals surface area contributed by atoms with E-state index in [0.29, 0.717) is 28.8 Å². The Labute approximate surface area is 189 Å². The van der Waals surface area contributed by atoms with Crippen molar-refractivity contribution in [3.8, 4) is 5.75 Å². The highest BCUT2D eigenvalue weighted by Gasteiger charge is 2.11. The van der Waals surface area contributed by atoms with Gasteiger partial charge in [-0.3, -0.25) is 14.2 Å². The van der Waals surface area contributed by atoms with Crippen LogP contribution in [0.25, 0.3) is 10.9 Å². The van der Waals surface area contributed by atoms with Gasteiger partial charge in [0.25, 0.3) is 11.5 Å². The van der Waals surface area contributed by atoms with Gasteiger partial charge in [0.2, 0.25) is 0 Å². The van der Waals surface area contributed by atoms with Gasteiger partial charge >= 0.3 is 5.97 Å². The fraction of sp³-hybridized carbons (Fsp3) is 0.120. The molecule has 0 spiro atoms. The summed E-state index contributed by atoms with van der Waals surface area (Å²) in [4.78, 5) is 41.0. The van der Waals surface area contributed by atoms with E-state index in [9.17, 15) is 14.4 Å². The Hall–Kier alpha value is -4.46. The van der Waals surface area contributed by atoms with Crippen molar-refractivity contribution >= 4 is 22.8 Å². The van der Waals surface area contributed by atoms with E-state index in [-0.39, 0.29) is 23.6 Å². The van der Waals surface area contributed by atoms with Gasteiger partial charge in [-0.15, -0.1) is 0 Å². The molecule has 33 heavy (non-hydrogen) atoms. The van der Waals surface area contributed by atoms with E-state index in [0.717, 1.165) is 11.1 Å². The van der Waals surface area contributed by atoms with E-state index >= 15 is 0 Å². The van der Waals surface area contributed by atoms with E-state index in [2.05, 4.69) is 10.3 Å². The first kappa shape index (κ1) is 21.8. The number of carbonyl (C=O) groups is 2. The molecule has 0 unspecified atom stereocenters. The zero-order valence-electron chi connectivity index (χ0n) is 17.8. The topological polar surface area (TPSA) is 111 Å². The van der Waals surface area contributed by atoms with Gasteiger partial charge in [-0.2, -0.15) is 0 Å². The number of benzene rings is 3. The molecule has 0 bridgehead atoms. The predicted molar refractivity (Wildman–Crippen MR) is 123 cm³/mol. The van der Waals surface area contributed by atoms with Crippen LogP contribution in [-0.4, -0.2) is 33.6 Å². The quantitative estimate of drug-likeness (QED) is 0.454. The summed E-state index contributed by atoms with van der Waals surface area (Å²) >= 11 is 0. The number of aromatic nitrogens is 2. The maximum atomic E-state index is 13.0. The van der Waals surface area contributed by atoms with Crippen LogP contribution in [0.2, 0.25) is 0 Å². The first-order valence-corrected chi connectivity index (χ1v) is 10.2. The minimum absolute atomic E-state index is 0.173. The molecule has 0 atom stereocenters. The fourth-order valence-electron chi connectivity index (χ4n) is 3.43. The lowest BCUT2D eigenvalue weighted by Gasteiger charge is -2.09. The first-order valence-electron chi connectivity index (χ1n) is 10.2. The second-order valence-electron chi connectivity index (χ2n) is 7.45. The van der Waals surface area contributed by atoms with Gasteiger partial charge in [-0.1, -0.05) is 24.3 Å². The van der Waals surface area contributed by atoms with Crippen molar-refractivity contribution in [2.45, 2.75) is 13.1 Å². The number of nitrogens with one attached hydrogen (secondary N) is 1. The van der Waals surface area contributed by atoms with Gasteiger partial charge in [-0.05, 0) is 53.6 Å². The Bertz CT molecular complexity index is 1390. The zero-order valence-corrected chi connectivity index (χ0v) is 17.8. The van der Waals surface area contributed by atoms with Gasteiger partial charge in [0.1, 0.15) is 5.75 Å². The monoisotopic (exact) mass is 443 g/mol. The van der Waals surface area contributed by atoms with Crippen LogP contribution in [0.3, 0.4) is 0 Å². The van der Waals surface area contributed by atoms with Crippen molar-refractivity contribution < 1.29 is 19.4 Å². The molecule has 0 fully saturated rings. The molecule has 2 N–H and O–H groups in total. The van der Waals surface area contributed by atoms with Crippen molar-refractivity contribution in [3.63, 3.8) is 0 Å². The summed E-state index contributed by atoms with van der Waals surface area (Å²) in [5.74, 6) is -0.612. The smallest absolute Gasteiger partial charge is 0.335 e. The Morgan fingerprint density at radius 3 is 2.48 bits per heavy atom. The number of amides is 1. The standard InChI is InChI=1S/C25H21N3O5/c1-33-20-4-2-3-17(11-20)13-26-23(29)19-9-10-22-21(12-19)24(30)28(15-27-22)14-16-5-7-18(8-6-16)25(31)32/h2-12,15H,13-14H2,1H3,(H,26,29)(H,31,32). The summed E-state index contributed by atoms with van der Waals surface area (Å²) in [6, 6.07) is 18.5. The highest BCUT2D eigenvalue weighted by molar-refractivity contribution is 5.97. The summed E-state index contributed by atoms with van der Waals surface area (Å²) in [6.45, 7) is 0.547. The second kappa shape index (κ2) is 9.35. The zero-order chi connectivity index (χ0) is 23.4. The van der Waals surface area contributed by atoms with Crippen LogP contribution < -0.4 is 15.6 Å². The molecule has 0 saturated heterocycles. The number of carboxylic acid groups (broad SMARTS) is 1. The van der Waals surface area contributed by atoms with Crippen LogP contribution in [0, 0.1) is 0 Å². The second-order valence-corrected chi connectivity index (χ2v) is 7.45. The van der Waals surface area contributed by atoms with Crippen LogP contribution in [0.15, 0.2) is 77.9 Å².